The molecule has 4 aliphatic heterocycles. The van der Waals surface area contributed by atoms with Crippen LogP contribution < -0.4 is 4.74 Å². The van der Waals surface area contributed by atoms with Crippen LogP contribution in [0.3, 0.4) is 0 Å². The van der Waals surface area contributed by atoms with E-state index in [1.165, 1.54) is 0 Å². The molecule has 1 unspecified atom stereocenters. The zero-order valence-electron chi connectivity index (χ0n) is 17.5. The van der Waals surface area contributed by atoms with Gasteiger partial charge < -0.3 is 18.9 Å². The second-order valence-electron chi connectivity index (χ2n) is 9.14. The fourth-order valence-electron chi connectivity index (χ4n) is 5.60. The summed E-state index contributed by atoms with van der Waals surface area (Å²) in [6.07, 6.45) is -0.401. The Labute approximate surface area is 184 Å². The Morgan fingerprint density at radius 3 is 2.65 bits per heavy atom. The molecule has 8 nitrogen and oxygen atoms in total. The van der Waals surface area contributed by atoms with Gasteiger partial charge in [-0.25, -0.2) is 14.6 Å². The second kappa shape index (κ2) is 7.33. The van der Waals surface area contributed by atoms with Crippen molar-refractivity contribution in [3.63, 3.8) is 0 Å². The number of halogens is 1. The van der Waals surface area contributed by atoms with Gasteiger partial charge in [0.1, 0.15) is 11.9 Å². The van der Waals surface area contributed by atoms with Crippen LogP contribution in [0.25, 0.3) is 0 Å². The molecule has 168 valence electrons. The molecular weight excluding hydrogens is 428 g/mol. The summed E-state index contributed by atoms with van der Waals surface area (Å²) in [5.74, 6) is -1.93. The molecule has 4 heterocycles. The van der Waals surface area contributed by atoms with E-state index in [2.05, 4.69) is 0 Å². The molecule has 5 aliphatic rings. The molecule has 9 heteroatoms. The van der Waals surface area contributed by atoms with Gasteiger partial charge in [-0.1, -0.05) is 25.4 Å². The van der Waals surface area contributed by atoms with Crippen LogP contribution in [0, 0.1) is 23.7 Å². The monoisotopic (exact) mass is 452 g/mol. The Kier molecular flexibility index (Phi) is 4.97. The highest BCUT2D eigenvalue weighted by Crippen LogP contribution is 2.60. The number of rotatable bonds is 2. The Bertz CT molecular complexity index is 890. The Hall–Kier alpha value is -1.87. The molecule has 1 aromatic carbocycles. The first-order valence-corrected chi connectivity index (χ1v) is 11.0. The van der Waals surface area contributed by atoms with Crippen LogP contribution in [-0.4, -0.2) is 35.9 Å². The average molecular weight is 453 g/mol. The standard InChI is InChI=1S/C22H25ClO8/c1-11-15-8-9-21(3)29-19-22(15,31-30-21)16(12(2)18(24)28-19)10-17(11)27-20(25)26-14-6-4-13(23)5-7-14/h4-7,11-12,15-17,19H,8-10H2,1-3H3/t11-,12+,15-,16-,17-,19+,21?,22+/m0/s1. The number of carbonyl (C=O) groups excluding carboxylic acids is 2. The fraction of sp³-hybridized carbons (Fsp3) is 0.636. The number of ether oxygens (including phenoxy) is 4. The minimum absolute atomic E-state index is 0.0897. The number of hydrogen-bond donors (Lipinski definition) is 0. The number of hydrogen-bond acceptors (Lipinski definition) is 8. The molecule has 4 saturated heterocycles. The van der Waals surface area contributed by atoms with Crippen molar-refractivity contribution >= 4 is 23.7 Å². The third-order valence-electron chi connectivity index (χ3n) is 7.32. The van der Waals surface area contributed by atoms with Crippen molar-refractivity contribution in [1.29, 1.82) is 0 Å². The van der Waals surface area contributed by atoms with Gasteiger partial charge in [0.15, 0.2) is 5.60 Å². The van der Waals surface area contributed by atoms with E-state index in [1.54, 1.807) is 38.1 Å². The van der Waals surface area contributed by atoms with Crippen molar-refractivity contribution in [3.05, 3.63) is 29.3 Å². The summed E-state index contributed by atoms with van der Waals surface area (Å²) in [7, 11) is 0. The van der Waals surface area contributed by atoms with E-state index in [9.17, 15) is 9.59 Å². The first-order valence-electron chi connectivity index (χ1n) is 10.6. The molecule has 2 bridgehead atoms. The van der Waals surface area contributed by atoms with Crippen LogP contribution in [0.2, 0.25) is 5.02 Å². The highest BCUT2D eigenvalue weighted by atomic mass is 35.5. The first-order chi connectivity index (χ1) is 14.7. The maximum atomic E-state index is 12.6. The number of benzene rings is 1. The summed E-state index contributed by atoms with van der Waals surface area (Å²) >= 11 is 5.87. The van der Waals surface area contributed by atoms with Gasteiger partial charge in [0.05, 0.1) is 5.92 Å². The summed E-state index contributed by atoms with van der Waals surface area (Å²) in [6.45, 7) is 5.59. The van der Waals surface area contributed by atoms with E-state index < -0.39 is 35.9 Å². The Balaban J connectivity index is 1.40. The molecule has 8 atom stereocenters. The molecule has 1 spiro atoms. The van der Waals surface area contributed by atoms with Crippen LogP contribution in [0.4, 0.5) is 4.79 Å². The predicted octanol–water partition coefficient (Wildman–Crippen LogP) is 4.24. The van der Waals surface area contributed by atoms with Gasteiger partial charge in [-0.05, 0) is 49.9 Å². The SMILES string of the molecule is C[C@@H]1[C@@H](OC(=O)Oc2ccc(Cl)cc2)C[C@H]2[C@@H](C)C(=O)O[C@@H]3OC4(C)CC[C@@H]1[C@]32OO4. The summed E-state index contributed by atoms with van der Waals surface area (Å²) in [5.41, 5.74) is -0.928. The molecule has 0 N–H and O–H groups in total. The van der Waals surface area contributed by atoms with Gasteiger partial charge in [-0.15, -0.1) is 0 Å². The van der Waals surface area contributed by atoms with Gasteiger partial charge in [0, 0.05) is 23.3 Å². The topological polar surface area (TPSA) is 89.5 Å². The Morgan fingerprint density at radius 1 is 1.16 bits per heavy atom. The van der Waals surface area contributed by atoms with E-state index in [4.69, 9.17) is 40.3 Å². The van der Waals surface area contributed by atoms with Crippen LogP contribution >= 0.6 is 11.6 Å². The average Bonchev–Trinajstić information content (AvgIpc) is 2.95. The number of fused-ring (bicyclic) bond motifs is 2. The highest BCUT2D eigenvalue weighted by Gasteiger charge is 2.71. The Morgan fingerprint density at radius 2 is 1.90 bits per heavy atom. The van der Waals surface area contributed by atoms with E-state index >= 15 is 0 Å². The smallest absolute Gasteiger partial charge is 0.432 e. The first kappa shape index (κ1) is 21.0. The largest absolute Gasteiger partial charge is 0.514 e. The third-order valence-corrected chi connectivity index (χ3v) is 7.58. The lowest BCUT2D eigenvalue weighted by Crippen LogP contribution is -2.71. The summed E-state index contributed by atoms with van der Waals surface area (Å²) in [6, 6.07) is 6.46. The lowest BCUT2D eigenvalue weighted by atomic mass is 9.57. The zero-order chi connectivity index (χ0) is 22.0. The molecule has 5 fully saturated rings. The second-order valence-corrected chi connectivity index (χ2v) is 9.57. The van der Waals surface area contributed by atoms with E-state index in [0.29, 0.717) is 23.6 Å². The normalized spacial score (nSPS) is 43.4. The van der Waals surface area contributed by atoms with E-state index in [0.717, 1.165) is 6.42 Å². The molecular formula is C22H25ClO8. The van der Waals surface area contributed by atoms with Crippen molar-refractivity contribution in [2.24, 2.45) is 23.7 Å². The third kappa shape index (κ3) is 3.31. The summed E-state index contributed by atoms with van der Waals surface area (Å²) in [4.78, 5) is 36.8. The number of esters is 1. The molecule has 0 amide bonds. The van der Waals surface area contributed by atoms with Gasteiger partial charge in [-0.3, -0.25) is 4.79 Å². The summed E-state index contributed by atoms with van der Waals surface area (Å²) < 4.78 is 22.8. The van der Waals surface area contributed by atoms with Crippen molar-refractivity contribution in [1.82, 2.24) is 0 Å². The fourth-order valence-corrected chi connectivity index (χ4v) is 5.73. The predicted molar refractivity (Wildman–Crippen MR) is 106 cm³/mol. The van der Waals surface area contributed by atoms with Crippen molar-refractivity contribution in [3.8, 4) is 5.75 Å². The van der Waals surface area contributed by atoms with Crippen LogP contribution in [-0.2, 0) is 28.8 Å². The maximum absolute atomic E-state index is 12.6. The lowest BCUT2D eigenvalue weighted by Gasteiger charge is -2.58. The molecule has 1 aliphatic carbocycles. The van der Waals surface area contributed by atoms with Gasteiger partial charge in [0.2, 0.25) is 12.1 Å². The minimum Gasteiger partial charge on any atom is -0.432 e. The van der Waals surface area contributed by atoms with Crippen LogP contribution in [0.15, 0.2) is 24.3 Å². The molecule has 0 radical (unpaired) electrons. The molecule has 31 heavy (non-hydrogen) atoms. The maximum Gasteiger partial charge on any atom is 0.514 e. The van der Waals surface area contributed by atoms with Crippen molar-refractivity contribution in [2.45, 2.75) is 63.8 Å². The van der Waals surface area contributed by atoms with E-state index in [1.807, 2.05) is 6.92 Å². The summed E-state index contributed by atoms with van der Waals surface area (Å²) in [5, 5.41) is 0.543. The zero-order valence-corrected chi connectivity index (χ0v) is 18.3. The van der Waals surface area contributed by atoms with E-state index in [-0.39, 0.29) is 23.7 Å². The lowest BCUT2D eigenvalue weighted by molar-refractivity contribution is -0.560. The molecule has 1 saturated carbocycles. The highest BCUT2D eigenvalue weighted by molar-refractivity contribution is 6.30. The van der Waals surface area contributed by atoms with Crippen LogP contribution in [0.5, 0.6) is 5.75 Å². The van der Waals surface area contributed by atoms with Gasteiger partial charge in [-0.2, -0.15) is 0 Å². The van der Waals surface area contributed by atoms with Gasteiger partial charge in [0.25, 0.3) is 0 Å². The van der Waals surface area contributed by atoms with Crippen molar-refractivity contribution < 1.29 is 38.3 Å². The van der Waals surface area contributed by atoms with Crippen molar-refractivity contribution in [2.75, 3.05) is 0 Å². The van der Waals surface area contributed by atoms with Crippen LogP contribution in [0.1, 0.15) is 40.0 Å². The molecule has 1 aromatic rings. The number of carbonyl (C=O) groups is 2. The molecule has 6 rings (SSSR count). The van der Waals surface area contributed by atoms with Gasteiger partial charge >= 0.3 is 12.1 Å². The quantitative estimate of drug-likeness (QED) is 0.374. The molecule has 0 aromatic heterocycles. The minimum atomic E-state index is -0.984.